The molecule has 0 aliphatic heterocycles. The molecule has 2 heterocycles. The van der Waals surface area contributed by atoms with E-state index in [9.17, 15) is 0 Å². The number of nitrogens with zero attached hydrogens (tertiary/aromatic N) is 4. The summed E-state index contributed by atoms with van der Waals surface area (Å²) in [5.74, 6) is 0. The van der Waals surface area contributed by atoms with E-state index in [4.69, 9.17) is 0 Å². The number of anilines is 1. The molecule has 14 heavy (non-hydrogen) atoms. The largest absolute Gasteiger partial charge is 0.376 e. The fourth-order valence-electron chi connectivity index (χ4n) is 1.13. The van der Waals surface area contributed by atoms with Crippen molar-refractivity contribution >= 4 is 5.69 Å². The van der Waals surface area contributed by atoms with Crippen LogP contribution in [0.25, 0.3) is 11.4 Å². The van der Waals surface area contributed by atoms with Crippen LogP contribution in [0.4, 0.5) is 5.69 Å². The number of pyridine rings is 1. The van der Waals surface area contributed by atoms with Gasteiger partial charge in [-0.25, -0.2) is 0 Å². The number of hydrogen-bond donors (Lipinski definition) is 1. The van der Waals surface area contributed by atoms with Gasteiger partial charge < -0.3 is 4.90 Å². The molecule has 72 valence electrons. The first-order chi connectivity index (χ1) is 6.77. The SMILES string of the molecule is CN(C)c1ccc(-c2cn[nH]n2)nc1. The minimum atomic E-state index is 0.760. The summed E-state index contributed by atoms with van der Waals surface area (Å²) in [6.07, 6.45) is 3.46. The second-order valence-corrected chi connectivity index (χ2v) is 3.15. The summed E-state index contributed by atoms with van der Waals surface area (Å²) in [5.41, 5.74) is 2.65. The molecule has 0 bridgehead atoms. The Labute approximate surface area is 81.8 Å². The van der Waals surface area contributed by atoms with Crippen molar-refractivity contribution in [2.24, 2.45) is 0 Å². The van der Waals surface area contributed by atoms with Crippen LogP contribution in [0.2, 0.25) is 0 Å². The number of hydrogen-bond acceptors (Lipinski definition) is 4. The van der Waals surface area contributed by atoms with Crippen LogP contribution in [-0.4, -0.2) is 34.5 Å². The summed E-state index contributed by atoms with van der Waals surface area (Å²) in [6, 6.07) is 3.92. The maximum Gasteiger partial charge on any atom is 0.131 e. The molecule has 0 atom stereocenters. The van der Waals surface area contributed by atoms with E-state index >= 15 is 0 Å². The van der Waals surface area contributed by atoms with E-state index in [2.05, 4.69) is 20.4 Å². The van der Waals surface area contributed by atoms with E-state index in [-0.39, 0.29) is 0 Å². The van der Waals surface area contributed by atoms with Crippen molar-refractivity contribution in [2.45, 2.75) is 0 Å². The first kappa shape index (κ1) is 8.68. The van der Waals surface area contributed by atoms with Gasteiger partial charge in [0.1, 0.15) is 5.69 Å². The molecule has 2 aromatic rings. The third-order valence-electron chi connectivity index (χ3n) is 1.94. The lowest BCUT2D eigenvalue weighted by Gasteiger charge is -2.11. The Morgan fingerprint density at radius 1 is 1.14 bits per heavy atom. The molecular weight excluding hydrogens is 178 g/mol. The molecule has 0 amide bonds. The highest BCUT2D eigenvalue weighted by molar-refractivity contribution is 5.55. The number of H-pyrrole nitrogens is 1. The van der Waals surface area contributed by atoms with Crippen LogP contribution in [0.3, 0.4) is 0 Å². The molecule has 5 nitrogen and oxygen atoms in total. The van der Waals surface area contributed by atoms with Gasteiger partial charge >= 0.3 is 0 Å². The Kier molecular flexibility index (Phi) is 2.14. The smallest absolute Gasteiger partial charge is 0.131 e. The average molecular weight is 189 g/mol. The Morgan fingerprint density at radius 3 is 2.50 bits per heavy atom. The topological polar surface area (TPSA) is 57.7 Å². The number of rotatable bonds is 2. The Hall–Kier alpha value is -1.91. The molecule has 1 N–H and O–H groups in total. The van der Waals surface area contributed by atoms with Gasteiger partial charge in [0.2, 0.25) is 0 Å². The molecule has 5 heteroatoms. The first-order valence-corrected chi connectivity index (χ1v) is 4.27. The van der Waals surface area contributed by atoms with E-state index in [0.717, 1.165) is 17.1 Å². The molecule has 0 radical (unpaired) electrons. The minimum absolute atomic E-state index is 0.760. The first-order valence-electron chi connectivity index (χ1n) is 4.27. The molecule has 0 aliphatic carbocycles. The minimum Gasteiger partial charge on any atom is -0.376 e. The molecule has 0 fully saturated rings. The number of nitrogens with one attached hydrogen (secondary N) is 1. The second kappa shape index (κ2) is 3.45. The molecule has 0 spiro atoms. The monoisotopic (exact) mass is 189 g/mol. The molecule has 0 saturated heterocycles. The molecule has 2 aromatic heterocycles. The number of aromatic nitrogens is 4. The Morgan fingerprint density at radius 2 is 2.00 bits per heavy atom. The fraction of sp³-hybridized carbons (Fsp3) is 0.222. The van der Waals surface area contributed by atoms with Crippen molar-refractivity contribution in [3.05, 3.63) is 24.5 Å². The van der Waals surface area contributed by atoms with Crippen LogP contribution >= 0.6 is 0 Å². The second-order valence-electron chi connectivity index (χ2n) is 3.15. The van der Waals surface area contributed by atoms with Crippen LogP contribution in [0.5, 0.6) is 0 Å². The molecule has 0 aliphatic rings. The van der Waals surface area contributed by atoms with Gasteiger partial charge in [-0.2, -0.15) is 15.4 Å². The predicted octanol–water partition coefficient (Wildman–Crippen LogP) is 0.933. The highest BCUT2D eigenvalue weighted by Gasteiger charge is 2.02. The lowest BCUT2D eigenvalue weighted by molar-refractivity contribution is 0.940. The molecule has 2 rings (SSSR count). The molecule has 0 saturated carbocycles. The van der Waals surface area contributed by atoms with E-state index in [0.29, 0.717) is 0 Å². The standard InChI is InChI=1S/C9H11N5/c1-14(2)7-3-4-8(10-5-7)9-6-11-13-12-9/h3-6H,1-2H3,(H,11,12,13). The van der Waals surface area contributed by atoms with E-state index < -0.39 is 0 Å². The third kappa shape index (κ3) is 1.56. The van der Waals surface area contributed by atoms with Gasteiger partial charge in [0, 0.05) is 14.1 Å². The highest BCUT2D eigenvalue weighted by Crippen LogP contribution is 2.15. The molecular formula is C9H11N5. The van der Waals surface area contributed by atoms with Crippen LogP contribution in [0.1, 0.15) is 0 Å². The zero-order chi connectivity index (χ0) is 9.97. The fourth-order valence-corrected chi connectivity index (χ4v) is 1.13. The van der Waals surface area contributed by atoms with E-state index in [1.54, 1.807) is 6.20 Å². The average Bonchev–Trinajstić information content (AvgIpc) is 2.71. The van der Waals surface area contributed by atoms with Crippen LogP contribution < -0.4 is 4.90 Å². The van der Waals surface area contributed by atoms with Crippen molar-refractivity contribution in [2.75, 3.05) is 19.0 Å². The van der Waals surface area contributed by atoms with E-state index in [1.807, 2.05) is 37.3 Å². The van der Waals surface area contributed by atoms with Crippen molar-refractivity contribution in [1.29, 1.82) is 0 Å². The zero-order valence-corrected chi connectivity index (χ0v) is 8.10. The maximum absolute atomic E-state index is 4.28. The van der Waals surface area contributed by atoms with Gasteiger partial charge in [-0.15, -0.1) is 0 Å². The Balaban J connectivity index is 2.31. The van der Waals surface area contributed by atoms with Crippen molar-refractivity contribution < 1.29 is 0 Å². The summed E-state index contributed by atoms with van der Waals surface area (Å²) in [6.45, 7) is 0. The Bertz CT molecular complexity index is 390. The lowest BCUT2D eigenvalue weighted by atomic mass is 10.3. The van der Waals surface area contributed by atoms with E-state index in [1.165, 1.54) is 0 Å². The highest BCUT2D eigenvalue weighted by atomic mass is 15.3. The van der Waals surface area contributed by atoms with Crippen LogP contribution in [0, 0.1) is 0 Å². The van der Waals surface area contributed by atoms with Gasteiger partial charge in [-0.1, -0.05) is 0 Å². The van der Waals surface area contributed by atoms with Crippen molar-refractivity contribution in [3.63, 3.8) is 0 Å². The maximum atomic E-state index is 4.28. The predicted molar refractivity (Wildman–Crippen MR) is 53.9 cm³/mol. The van der Waals surface area contributed by atoms with Gasteiger partial charge in [-0.05, 0) is 12.1 Å². The van der Waals surface area contributed by atoms with Gasteiger partial charge in [-0.3, -0.25) is 4.98 Å². The summed E-state index contributed by atoms with van der Waals surface area (Å²) in [5, 5.41) is 10.2. The zero-order valence-electron chi connectivity index (χ0n) is 8.10. The summed E-state index contributed by atoms with van der Waals surface area (Å²) < 4.78 is 0. The van der Waals surface area contributed by atoms with Crippen molar-refractivity contribution in [1.82, 2.24) is 20.4 Å². The summed E-state index contributed by atoms with van der Waals surface area (Å²) in [4.78, 5) is 6.28. The quantitative estimate of drug-likeness (QED) is 0.763. The van der Waals surface area contributed by atoms with Crippen LogP contribution in [0.15, 0.2) is 24.5 Å². The summed E-state index contributed by atoms with van der Waals surface area (Å²) >= 11 is 0. The van der Waals surface area contributed by atoms with Gasteiger partial charge in [0.25, 0.3) is 0 Å². The summed E-state index contributed by atoms with van der Waals surface area (Å²) in [7, 11) is 3.96. The van der Waals surface area contributed by atoms with Gasteiger partial charge in [0.05, 0.1) is 23.8 Å². The van der Waals surface area contributed by atoms with Gasteiger partial charge in [0.15, 0.2) is 0 Å². The van der Waals surface area contributed by atoms with Crippen molar-refractivity contribution in [3.8, 4) is 11.4 Å². The molecule has 0 unspecified atom stereocenters. The lowest BCUT2D eigenvalue weighted by Crippen LogP contribution is -2.08. The number of aromatic amines is 1. The normalized spacial score (nSPS) is 10.1. The van der Waals surface area contributed by atoms with Crippen LogP contribution in [-0.2, 0) is 0 Å². The molecule has 0 aromatic carbocycles. The third-order valence-corrected chi connectivity index (χ3v) is 1.94.